The first kappa shape index (κ1) is 91.8. The number of amides is 2. The molecule has 1 aliphatic rings. The lowest BCUT2D eigenvalue weighted by Gasteiger charge is -2.33. The number of carbonyl (C=O) groups is 2. The van der Waals surface area contributed by atoms with Crippen molar-refractivity contribution in [2.45, 2.75) is 293 Å². The van der Waals surface area contributed by atoms with Crippen LogP contribution in [0.25, 0.3) is 20.9 Å². The second kappa shape index (κ2) is 68.8. The Balaban J connectivity index is -0.000000230. The molecule has 2 amide bonds. The normalized spacial score (nSPS) is 15.6. The van der Waals surface area contributed by atoms with Gasteiger partial charge < -0.3 is 44.6 Å². The minimum Gasteiger partial charge on any atom is -0.756 e. The highest BCUT2D eigenvalue weighted by atomic mass is 31.3. The Morgan fingerprint density at radius 1 is 0.726 bits per heavy atom. The Kier molecular flexibility index (Phi) is 75.2. The van der Waals surface area contributed by atoms with E-state index in [1.54, 1.807) is 0 Å². The third kappa shape index (κ3) is 71.1. The largest absolute Gasteiger partial charge is 0.756 e. The zero-order valence-corrected chi connectivity index (χ0v) is 56.1. The molecule has 0 spiro atoms. The number of aromatic nitrogens is 3. The van der Waals surface area contributed by atoms with Gasteiger partial charge in [-0.25, -0.2) is 8.62 Å². The van der Waals surface area contributed by atoms with Crippen molar-refractivity contribution in [2.24, 2.45) is 10.2 Å². The monoisotopic (exact) mass is 1250 g/mol. The molecule has 1 aromatic rings. The van der Waals surface area contributed by atoms with E-state index in [4.69, 9.17) is 40.1 Å². The number of terminal acetylenes is 1. The highest BCUT2D eigenvalue weighted by molar-refractivity contribution is 7.65. The summed E-state index contributed by atoms with van der Waals surface area (Å²) in [6.07, 6.45) is 40.2. The van der Waals surface area contributed by atoms with E-state index < -0.39 is 48.2 Å². The number of aliphatic hydroxyl groups is 1. The maximum Gasteiger partial charge on any atom is 0.280 e. The first-order chi connectivity index (χ1) is 40.2. The fourth-order valence-electron chi connectivity index (χ4n) is 7.01. The fraction of sp³-hybridized carbons (Fsp3) is 0.891. The third-order valence-corrected chi connectivity index (χ3v) is 14.8. The van der Waals surface area contributed by atoms with Crippen molar-refractivity contribution in [3.8, 4) is 12.3 Å². The van der Waals surface area contributed by atoms with Gasteiger partial charge in [-0.15, -0.1) is 11.5 Å². The summed E-state index contributed by atoms with van der Waals surface area (Å²) in [5.41, 5.74) is 16.3. The molecule has 4 unspecified atom stereocenters. The van der Waals surface area contributed by atoms with Crippen LogP contribution in [0.3, 0.4) is 0 Å². The Morgan fingerprint density at radius 3 is 1.63 bits per heavy atom. The number of hydrogen-bond acceptors (Lipinski definition) is 17. The summed E-state index contributed by atoms with van der Waals surface area (Å²) in [6.45, 7) is 24.4. The van der Waals surface area contributed by atoms with E-state index >= 15 is 0 Å². The Morgan fingerprint density at radius 2 is 1.18 bits per heavy atom. The number of nitrogens with zero attached hydrogens (tertiary/aromatic N) is 9. The van der Waals surface area contributed by atoms with Gasteiger partial charge in [0.05, 0.1) is 31.5 Å². The molecule has 29 heteroatoms. The van der Waals surface area contributed by atoms with Crippen molar-refractivity contribution in [1.29, 1.82) is 0 Å². The lowest BCUT2D eigenvalue weighted by atomic mass is 9.95. The Hall–Kier alpha value is -3.35. The van der Waals surface area contributed by atoms with Gasteiger partial charge in [0.25, 0.3) is 23.5 Å². The van der Waals surface area contributed by atoms with Gasteiger partial charge in [0.1, 0.15) is 7.85 Å². The molecule has 0 bridgehead atoms. The van der Waals surface area contributed by atoms with Crippen LogP contribution in [-0.2, 0) is 47.7 Å². The van der Waals surface area contributed by atoms with Gasteiger partial charge in [0.15, 0.2) is 5.82 Å². The lowest BCUT2D eigenvalue weighted by molar-refractivity contribution is -0.250. The van der Waals surface area contributed by atoms with Crippen LogP contribution in [0.5, 0.6) is 0 Å². The number of aliphatic hydroxyl groups excluding tert-OH is 1. The SMILES string of the molecule is C#CCNC(=O)CCCCC.CC.CC.CC.CCCCCCCCCN=[N+]=[N-].CCCCCCCCCO.CCCCCCCCCn1cc(NC(=O)CCCCC)nn1.[B][C@H]1CC(N=[N+]=[N-])[C@@H](COP(=O)([O-])OP(=O)([O-])OP(=O)([O-])O)O1. The molecule has 1 fully saturated rings. The second-order valence-corrected chi connectivity index (χ2v) is 22.7. The maximum atomic E-state index is 11.7. The highest BCUT2D eigenvalue weighted by Crippen LogP contribution is 2.61. The molecular weight excluding hydrogens is 1140 g/mol. The summed E-state index contributed by atoms with van der Waals surface area (Å²) in [5.74, 6) is 3.04. The maximum absolute atomic E-state index is 11.7. The number of aryl methyl sites for hydroxylation is 1. The van der Waals surface area contributed by atoms with E-state index in [9.17, 15) is 38.0 Å². The zero-order chi connectivity index (χ0) is 65.2. The summed E-state index contributed by atoms with van der Waals surface area (Å²) < 4.78 is 50.0. The van der Waals surface area contributed by atoms with Gasteiger partial charge >= 0.3 is 0 Å². The van der Waals surface area contributed by atoms with E-state index in [2.05, 4.69) is 94.7 Å². The van der Waals surface area contributed by atoms with Gasteiger partial charge in [-0.3, -0.25) is 28.0 Å². The molecule has 1 aliphatic heterocycles. The number of azide groups is 2. The molecule has 25 nitrogen and oxygen atoms in total. The lowest BCUT2D eigenvalue weighted by Crippen LogP contribution is -2.26. The summed E-state index contributed by atoms with van der Waals surface area (Å²) in [5, 5.41) is 28.7. The predicted octanol–water partition coefficient (Wildman–Crippen LogP) is 14.1. The topological polar surface area (TPSA) is 384 Å². The number of nitrogens with one attached hydrogen (secondary N) is 2. The van der Waals surface area contributed by atoms with Crippen LogP contribution in [0.1, 0.15) is 269 Å². The molecular formula is C55H112BN11O14P3-3. The number of unbranched alkanes of at least 4 members (excludes halogenated alkanes) is 22. The molecule has 0 aliphatic carbocycles. The minimum atomic E-state index is -5.96. The molecule has 2 rings (SSSR count). The average molecular weight is 1260 g/mol. The molecule has 6 atom stereocenters. The van der Waals surface area contributed by atoms with Crippen LogP contribution in [0.2, 0.25) is 0 Å². The third-order valence-electron chi connectivity index (χ3n) is 11.1. The predicted molar refractivity (Wildman–Crippen MR) is 333 cm³/mol. The van der Waals surface area contributed by atoms with Gasteiger partial charge in [-0.05, 0) is 49.6 Å². The molecule has 0 saturated carbocycles. The number of hydrogen-bond donors (Lipinski definition) is 4. The van der Waals surface area contributed by atoms with Crippen molar-refractivity contribution in [3.63, 3.8) is 0 Å². The first-order valence-electron chi connectivity index (χ1n) is 30.9. The molecule has 492 valence electrons. The van der Waals surface area contributed by atoms with Crippen molar-refractivity contribution in [3.05, 3.63) is 27.1 Å². The molecule has 4 N–H and O–H groups in total. The van der Waals surface area contributed by atoms with E-state index in [1.165, 1.54) is 116 Å². The molecule has 1 aromatic heterocycles. The standard InChI is InChI=1S/C17H32N4O.C9H19N3.C9H15NO.C9H20O.C5H11BN3O11P3.3C2H6/c1-3-5-7-8-9-10-12-14-21-15-16(19-20-21)18-17(22)13-11-6-4-2;1-2-3-4-5-6-7-8-9-11-12-10;1-3-5-6-7-9(11)10-8-4-2;1-2-3-4-5-6-7-8-9-10;6-5-1-3(8-9-7)4(18-5)2-17-22(13,14)20-23(15,16)19-21(10,11)12;3*1-2/h15H,3-14H2,1-2H3,(H,18,22);2-9H2,1H3;2H,3,5-8H2,1H3,(H,10,11);10H,2-9H2,1H3;3-5H,1-2H2,(H,13,14)(H,15,16)(H2,10,11,12);3*1-2H3/p-3/t;;;;3?,4-,5-;;;/m....1.../s1. The van der Waals surface area contributed by atoms with E-state index in [1.807, 2.05) is 52.4 Å². The number of rotatable bonds is 41. The molecule has 2 radical (unpaired) electrons. The van der Waals surface area contributed by atoms with Crippen molar-refractivity contribution in [2.75, 3.05) is 31.6 Å². The minimum absolute atomic E-state index is 0.0384. The van der Waals surface area contributed by atoms with Crippen molar-refractivity contribution < 1.29 is 65.8 Å². The van der Waals surface area contributed by atoms with E-state index in [-0.39, 0.29) is 18.2 Å². The molecule has 0 aromatic carbocycles. The molecule has 84 heavy (non-hydrogen) atoms. The van der Waals surface area contributed by atoms with Crippen molar-refractivity contribution >= 4 is 48.9 Å². The summed E-state index contributed by atoms with van der Waals surface area (Å²) >= 11 is 0. The Labute approximate surface area is 508 Å². The van der Waals surface area contributed by atoms with Crippen LogP contribution >= 0.6 is 23.5 Å². The number of phosphoric ester groups is 1. The van der Waals surface area contributed by atoms with E-state index in [0.29, 0.717) is 38.4 Å². The van der Waals surface area contributed by atoms with Gasteiger partial charge in [0.2, 0.25) is 11.8 Å². The summed E-state index contributed by atoms with van der Waals surface area (Å²) in [7, 11) is -11.9. The van der Waals surface area contributed by atoms with Crippen LogP contribution in [-0.4, -0.2) is 89.1 Å². The smallest absolute Gasteiger partial charge is 0.280 e. The number of carbonyl (C=O) groups excluding carboxylic acids is 2. The molecule has 1 saturated heterocycles. The average Bonchev–Trinajstić information content (AvgIpc) is 4.26. The van der Waals surface area contributed by atoms with Gasteiger partial charge in [0, 0.05) is 48.4 Å². The van der Waals surface area contributed by atoms with Crippen LogP contribution in [0, 0.1) is 12.3 Å². The van der Waals surface area contributed by atoms with Crippen molar-refractivity contribution in [1.82, 2.24) is 20.3 Å². The highest BCUT2D eigenvalue weighted by Gasteiger charge is 2.34. The summed E-state index contributed by atoms with van der Waals surface area (Å²) in [6, 6.07) is -1.73. The second-order valence-electron chi connectivity index (χ2n) is 18.4. The molecule has 2 heterocycles. The first-order valence-corrected chi connectivity index (χ1v) is 35.4. The number of phosphoric acid groups is 3. The van der Waals surface area contributed by atoms with Crippen LogP contribution in [0.4, 0.5) is 5.82 Å². The van der Waals surface area contributed by atoms with Gasteiger partial charge in [-0.1, -0.05) is 239 Å². The Bertz CT molecular complexity index is 1920. The number of anilines is 1. The summed E-state index contributed by atoms with van der Waals surface area (Å²) in [4.78, 5) is 68.5. The van der Waals surface area contributed by atoms with E-state index in [0.717, 1.165) is 64.3 Å². The van der Waals surface area contributed by atoms with Crippen LogP contribution in [0.15, 0.2) is 16.4 Å². The van der Waals surface area contributed by atoms with Crippen LogP contribution < -0.4 is 25.3 Å². The fourth-order valence-corrected chi connectivity index (χ4v) is 9.91. The zero-order valence-electron chi connectivity index (χ0n) is 53.4. The quantitative estimate of drug-likeness (QED) is 0.00900. The number of ether oxygens (including phenoxy) is 1. The van der Waals surface area contributed by atoms with Gasteiger partial charge in [-0.2, -0.15) is 0 Å².